The normalized spacial score (nSPS) is 18.5. The van der Waals surface area contributed by atoms with Gasteiger partial charge in [-0.25, -0.2) is 4.98 Å². The molecule has 3 heterocycles. The van der Waals surface area contributed by atoms with E-state index in [1.165, 1.54) is 0 Å². The second kappa shape index (κ2) is 5.25. The third-order valence-electron chi connectivity index (χ3n) is 4.67. The molecule has 23 heavy (non-hydrogen) atoms. The lowest BCUT2D eigenvalue weighted by molar-refractivity contribution is -0.687. The fraction of sp³-hybridized carbons (Fsp3) is 0.333. The molecule has 0 spiro atoms. The van der Waals surface area contributed by atoms with Crippen molar-refractivity contribution in [3.05, 3.63) is 41.5 Å². The number of anilines is 1. The Morgan fingerprint density at radius 2 is 2.17 bits per heavy atom. The summed E-state index contributed by atoms with van der Waals surface area (Å²) in [5.41, 5.74) is 4.43. The van der Waals surface area contributed by atoms with E-state index in [1.54, 1.807) is 0 Å². The van der Waals surface area contributed by atoms with E-state index in [4.69, 9.17) is 4.98 Å². The zero-order valence-electron chi connectivity index (χ0n) is 13.5. The van der Waals surface area contributed by atoms with E-state index < -0.39 is 0 Å². The average Bonchev–Trinajstić information content (AvgIpc) is 2.93. The third kappa shape index (κ3) is 2.14. The Morgan fingerprint density at radius 1 is 1.35 bits per heavy atom. The molecule has 0 bridgehead atoms. The number of nitrogens with zero attached hydrogens (tertiary/aromatic N) is 4. The molecule has 0 unspecified atom stereocenters. The quantitative estimate of drug-likeness (QED) is 0.740. The number of hydrogen-bond acceptors (Lipinski definition) is 3. The van der Waals surface area contributed by atoms with Gasteiger partial charge in [0.25, 0.3) is 0 Å². The molecule has 0 aliphatic carbocycles. The number of benzene rings is 1. The Hall–Kier alpha value is -2.58. The van der Waals surface area contributed by atoms with E-state index in [-0.39, 0.29) is 0 Å². The van der Waals surface area contributed by atoms with Crippen molar-refractivity contribution in [2.75, 3.05) is 24.5 Å². The van der Waals surface area contributed by atoms with Crippen molar-refractivity contribution >= 4 is 22.5 Å². The van der Waals surface area contributed by atoms with Crippen LogP contribution < -0.4 is 10.2 Å². The van der Waals surface area contributed by atoms with Gasteiger partial charge >= 0.3 is 0 Å². The molecule has 3 aromatic rings. The van der Waals surface area contributed by atoms with Crippen LogP contribution in [0.15, 0.2) is 30.3 Å². The number of imidazole rings is 1. The lowest BCUT2D eigenvalue weighted by Gasteiger charge is -2.32. The molecule has 116 valence electrons. The zero-order chi connectivity index (χ0) is 16.0. The highest BCUT2D eigenvalue weighted by Crippen LogP contribution is 2.28. The standard InChI is InChI=1S/C18H19N5/c1-12-9-17(22-8-7-20-13(2)11-22)23-16-6-4-3-5-15(16)21-18(23)14(12)10-19/h3-6,9,13,20H,7-8,11H2,1-2H3/p+1/t13-/m0/s1. The van der Waals surface area contributed by atoms with Gasteiger partial charge in [0.1, 0.15) is 17.9 Å². The van der Waals surface area contributed by atoms with Gasteiger partial charge in [-0.05, 0) is 37.6 Å². The monoisotopic (exact) mass is 306 g/mol. The van der Waals surface area contributed by atoms with Crippen molar-refractivity contribution in [3.63, 3.8) is 0 Å². The lowest BCUT2D eigenvalue weighted by Crippen LogP contribution is -2.94. The second-order valence-corrected chi connectivity index (χ2v) is 6.38. The van der Waals surface area contributed by atoms with Crippen molar-refractivity contribution in [3.8, 4) is 6.07 Å². The van der Waals surface area contributed by atoms with Crippen molar-refractivity contribution in [2.45, 2.75) is 19.9 Å². The molecule has 1 saturated heterocycles. The van der Waals surface area contributed by atoms with Crippen LogP contribution in [0.1, 0.15) is 18.1 Å². The Kier molecular flexibility index (Phi) is 3.21. The maximum atomic E-state index is 9.56. The number of nitrogens with two attached hydrogens (primary N) is 1. The van der Waals surface area contributed by atoms with E-state index in [0.29, 0.717) is 11.6 Å². The maximum Gasteiger partial charge on any atom is 0.157 e. The van der Waals surface area contributed by atoms with Crippen LogP contribution in [0, 0.1) is 18.3 Å². The van der Waals surface area contributed by atoms with E-state index in [2.05, 4.69) is 39.7 Å². The summed E-state index contributed by atoms with van der Waals surface area (Å²) in [7, 11) is 0. The smallest absolute Gasteiger partial charge is 0.157 e. The van der Waals surface area contributed by atoms with Crippen LogP contribution in [-0.4, -0.2) is 35.1 Å². The minimum absolute atomic E-state index is 0.574. The first-order valence-corrected chi connectivity index (χ1v) is 8.08. The maximum absolute atomic E-state index is 9.56. The van der Waals surface area contributed by atoms with Crippen molar-refractivity contribution in [1.82, 2.24) is 9.38 Å². The van der Waals surface area contributed by atoms with E-state index in [0.717, 1.165) is 47.7 Å². The summed E-state index contributed by atoms with van der Waals surface area (Å²) in [5.74, 6) is 1.14. The van der Waals surface area contributed by atoms with Crippen LogP contribution in [0.25, 0.3) is 16.7 Å². The van der Waals surface area contributed by atoms with Gasteiger partial charge in [-0.1, -0.05) is 12.1 Å². The average molecular weight is 306 g/mol. The molecule has 1 atom stereocenters. The van der Waals surface area contributed by atoms with Crippen LogP contribution in [0.5, 0.6) is 0 Å². The second-order valence-electron chi connectivity index (χ2n) is 6.38. The number of rotatable bonds is 1. The van der Waals surface area contributed by atoms with Crippen molar-refractivity contribution in [1.29, 1.82) is 5.26 Å². The molecular weight excluding hydrogens is 286 g/mol. The number of nitriles is 1. The van der Waals surface area contributed by atoms with Crippen LogP contribution in [-0.2, 0) is 0 Å². The molecule has 5 nitrogen and oxygen atoms in total. The zero-order valence-corrected chi connectivity index (χ0v) is 13.5. The van der Waals surface area contributed by atoms with Crippen LogP contribution in [0.2, 0.25) is 0 Å². The first-order valence-electron chi connectivity index (χ1n) is 8.08. The molecule has 2 N–H and O–H groups in total. The number of aryl methyl sites for hydroxylation is 1. The molecular formula is C18H20N5+. The Balaban J connectivity index is 2.05. The summed E-state index contributed by atoms with van der Waals surface area (Å²) >= 11 is 0. The van der Waals surface area contributed by atoms with E-state index in [1.807, 2.05) is 25.1 Å². The highest BCUT2D eigenvalue weighted by Gasteiger charge is 2.23. The number of quaternary nitrogens is 1. The molecule has 2 aromatic heterocycles. The Morgan fingerprint density at radius 3 is 2.96 bits per heavy atom. The fourth-order valence-electron chi connectivity index (χ4n) is 3.54. The third-order valence-corrected chi connectivity index (χ3v) is 4.67. The lowest BCUT2D eigenvalue weighted by atomic mass is 10.1. The predicted molar refractivity (Wildman–Crippen MR) is 90.6 cm³/mol. The molecule has 1 aliphatic rings. The number of piperazine rings is 1. The van der Waals surface area contributed by atoms with Gasteiger partial charge in [0.15, 0.2) is 5.65 Å². The van der Waals surface area contributed by atoms with Gasteiger partial charge in [0, 0.05) is 0 Å². The topological polar surface area (TPSA) is 60.9 Å². The number of hydrogen-bond donors (Lipinski definition) is 1. The van der Waals surface area contributed by atoms with E-state index in [9.17, 15) is 5.26 Å². The Labute approximate surface area is 135 Å². The molecule has 1 fully saturated rings. The number of para-hydroxylation sites is 2. The summed E-state index contributed by atoms with van der Waals surface area (Å²) in [6.07, 6.45) is 0. The van der Waals surface area contributed by atoms with Gasteiger partial charge in [0.2, 0.25) is 0 Å². The summed E-state index contributed by atoms with van der Waals surface area (Å²) < 4.78 is 2.15. The van der Waals surface area contributed by atoms with Crippen LogP contribution >= 0.6 is 0 Å². The fourth-order valence-corrected chi connectivity index (χ4v) is 3.54. The van der Waals surface area contributed by atoms with Gasteiger partial charge in [-0.3, -0.25) is 4.40 Å². The van der Waals surface area contributed by atoms with Crippen molar-refractivity contribution in [2.24, 2.45) is 0 Å². The minimum Gasteiger partial charge on any atom is -0.346 e. The van der Waals surface area contributed by atoms with E-state index >= 15 is 0 Å². The molecule has 1 aromatic carbocycles. The summed E-state index contributed by atoms with van der Waals surface area (Å²) in [6, 6.07) is 13.1. The minimum atomic E-state index is 0.574. The highest BCUT2D eigenvalue weighted by atomic mass is 15.3. The molecule has 0 radical (unpaired) electrons. The van der Waals surface area contributed by atoms with Crippen LogP contribution in [0.4, 0.5) is 5.82 Å². The summed E-state index contributed by atoms with van der Waals surface area (Å²) in [6.45, 7) is 7.37. The van der Waals surface area contributed by atoms with Crippen LogP contribution in [0.3, 0.4) is 0 Å². The summed E-state index contributed by atoms with van der Waals surface area (Å²) in [5, 5.41) is 11.9. The molecule has 4 rings (SSSR count). The Bertz CT molecular complexity index is 934. The first-order chi connectivity index (χ1) is 11.2. The van der Waals surface area contributed by atoms with Gasteiger partial charge in [0.05, 0.1) is 36.2 Å². The number of fused-ring (bicyclic) bond motifs is 3. The molecule has 0 saturated carbocycles. The molecule has 1 aliphatic heterocycles. The van der Waals surface area contributed by atoms with Crippen molar-refractivity contribution < 1.29 is 5.32 Å². The number of pyridine rings is 1. The molecule has 5 heteroatoms. The predicted octanol–water partition coefficient (Wildman–Crippen LogP) is 1.44. The number of aromatic nitrogens is 2. The van der Waals surface area contributed by atoms with Gasteiger partial charge in [-0.15, -0.1) is 0 Å². The molecule has 0 amide bonds. The largest absolute Gasteiger partial charge is 0.346 e. The van der Waals surface area contributed by atoms with Gasteiger partial charge < -0.3 is 10.2 Å². The summed E-state index contributed by atoms with van der Waals surface area (Å²) in [4.78, 5) is 7.14. The SMILES string of the molecule is Cc1cc(N2CC[NH2+][C@@H](C)C2)n2c(nc3ccccc32)c1C#N. The van der Waals surface area contributed by atoms with Gasteiger partial charge in [-0.2, -0.15) is 5.26 Å². The first kappa shape index (κ1) is 14.0. The highest BCUT2D eigenvalue weighted by molar-refractivity contribution is 5.85.